The molecule has 1 N–H and O–H groups in total. The van der Waals surface area contributed by atoms with Gasteiger partial charge in [0.2, 0.25) is 5.91 Å². The van der Waals surface area contributed by atoms with Gasteiger partial charge in [-0.05, 0) is 43.5 Å². The summed E-state index contributed by atoms with van der Waals surface area (Å²) in [5, 5.41) is 7.75. The van der Waals surface area contributed by atoms with Crippen molar-refractivity contribution < 1.29 is 13.9 Å². The number of aromatic nitrogens is 2. The van der Waals surface area contributed by atoms with E-state index in [1.165, 1.54) is 25.3 Å². The van der Waals surface area contributed by atoms with Crippen LogP contribution in [0.3, 0.4) is 0 Å². The number of hydrogen-bond donors (Lipinski definition) is 1. The van der Waals surface area contributed by atoms with Gasteiger partial charge < -0.3 is 10.1 Å². The average molecular weight is 357 g/mol. The van der Waals surface area contributed by atoms with Gasteiger partial charge in [-0.2, -0.15) is 5.10 Å². The van der Waals surface area contributed by atoms with Crippen molar-refractivity contribution in [3.8, 4) is 5.75 Å². The van der Waals surface area contributed by atoms with Crippen molar-refractivity contribution in [1.29, 1.82) is 0 Å². The lowest BCUT2D eigenvalue weighted by Crippen LogP contribution is -2.27. The minimum absolute atomic E-state index is 0.0957. The van der Waals surface area contributed by atoms with E-state index in [0.29, 0.717) is 17.4 Å². The molecule has 1 atom stereocenters. The van der Waals surface area contributed by atoms with Crippen molar-refractivity contribution in [3.05, 3.63) is 40.8 Å². The molecule has 0 bridgehead atoms. The second-order valence-corrected chi connectivity index (χ2v) is 7.28. The highest BCUT2D eigenvalue weighted by atomic mass is 19.1. The summed E-state index contributed by atoms with van der Waals surface area (Å²) >= 11 is 0. The summed E-state index contributed by atoms with van der Waals surface area (Å²) in [5.74, 6) is 0.582. The molecular formula is C20H24FN3O2. The van der Waals surface area contributed by atoms with E-state index in [2.05, 4.69) is 5.32 Å². The van der Waals surface area contributed by atoms with Gasteiger partial charge in [0, 0.05) is 17.9 Å². The van der Waals surface area contributed by atoms with Crippen LogP contribution in [0, 0.1) is 12.7 Å². The number of nitrogens with zero attached hydrogens (tertiary/aromatic N) is 2. The number of aryl methyl sites for hydroxylation is 1. The number of rotatable bonds is 3. The minimum Gasteiger partial charge on any atom is -0.497 e. The number of halogens is 1. The van der Waals surface area contributed by atoms with E-state index in [1.807, 2.05) is 11.6 Å². The standard InChI is InChI=1S/C20H24FN3O2/c1-12-19-16(15-10-14(26-2)8-9-17(15)21)11-18(25)22-20(19)24(23-12)13-6-4-3-5-7-13/h8-10,13,16H,3-7,11H2,1-2H3,(H,22,25). The average Bonchev–Trinajstić information content (AvgIpc) is 2.99. The highest BCUT2D eigenvalue weighted by Crippen LogP contribution is 2.43. The predicted molar refractivity (Wildman–Crippen MR) is 97.1 cm³/mol. The highest BCUT2D eigenvalue weighted by molar-refractivity contribution is 5.94. The highest BCUT2D eigenvalue weighted by Gasteiger charge is 2.35. The zero-order valence-electron chi connectivity index (χ0n) is 15.2. The van der Waals surface area contributed by atoms with Gasteiger partial charge in [-0.1, -0.05) is 19.3 Å². The topological polar surface area (TPSA) is 56.1 Å². The molecule has 6 heteroatoms. The molecule has 2 heterocycles. The third kappa shape index (κ3) is 2.87. The lowest BCUT2D eigenvalue weighted by Gasteiger charge is -2.28. The lowest BCUT2D eigenvalue weighted by molar-refractivity contribution is -0.116. The van der Waals surface area contributed by atoms with Gasteiger partial charge in [-0.3, -0.25) is 4.79 Å². The van der Waals surface area contributed by atoms with Crippen LogP contribution in [0.2, 0.25) is 0 Å². The molecular weight excluding hydrogens is 333 g/mol. The van der Waals surface area contributed by atoms with Crippen molar-refractivity contribution in [2.24, 2.45) is 0 Å². The number of nitrogens with one attached hydrogen (secondary N) is 1. The number of hydrogen-bond acceptors (Lipinski definition) is 3. The number of carbonyl (C=O) groups excluding carboxylic acids is 1. The number of benzene rings is 1. The fraction of sp³-hybridized carbons (Fsp3) is 0.500. The molecule has 1 saturated carbocycles. The summed E-state index contributed by atoms with van der Waals surface area (Å²) in [4.78, 5) is 12.4. The second-order valence-electron chi connectivity index (χ2n) is 7.28. The van der Waals surface area contributed by atoms with E-state index < -0.39 is 0 Å². The van der Waals surface area contributed by atoms with Crippen LogP contribution in [0.1, 0.15) is 67.3 Å². The van der Waals surface area contributed by atoms with E-state index >= 15 is 0 Å². The predicted octanol–water partition coefficient (Wildman–Crippen LogP) is 4.32. The maximum Gasteiger partial charge on any atom is 0.226 e. The molecule has 1 aliphatic heterocycles. The number of ether oxygens (including phenoxy) is 1. The van der Waals surface area contributed by atoms with Crippen molar-refractivity contribution in [1.82, 2.24) is 9.78 Å². The molecule has 138 valence electrons. The molecule has 1 unspecified atom stereocenters. The Labute approximate surface area is 152 Å². The number of fused-ring (bicyclic) bond motifs is 1. The third-order valence-electron chi connectivity index (χ3n) is 5.63. The Morgan fingerprint density at radius 2 is 2.04 bits per heavy atom. The van der Waals surface area contributed by atoms with Crippen molar-refractivity contribution >= 4 is 11.7 Å². The molecule has 0 radical (unpaired) electrons. The lowest BCUT2D eigenvalue weighted by atomic mass is 9.85. The first-order valence-corrected chi connectivity index (χ1v) is 9.30. The zero-order valence-corrected chi connectivity index (χ0v) is 15.2. The van der Waals surface area contributed by atoms with Gasteiger partial charge in [0.1, 0.15) is 17.4 Å². The van der Waals surface area contributed by atoms with E-state index in [-0.39, 0.29) is 24.1 Å². The summed E-state index contributed by atoms with van der Waals surface area (Å²) in [6, 6.07) is 5.00. The van der Waals surface area contributed by atoms with E-state index in [1.54, 1.807) is 19.2 Å². The van der Waals surface area contributed by atoms with Gasteiger partial charge >= 0.3 is 0 Å². The van der Waals surface area contributed by atoms with Gasteiger partial charge in [0.15, 0.2) is 0 Å². The Bertz CT molecular complexity index is 840. The van der Waals surface area contributed by atoms with E-state index in [4.69, 9.17) is 9.84 Å². The van der Waals surface area contributed by atoms with Crippen LogP contribution in [-0.2, 0) is 4.79 Å². The van der Waals surface area contributed by atoms with Crippen LogP contribution in [-0.4, -0.2) is 22.8 Å². The largest absolute Gasteiger partial charge is 0.497 e. The summed E-state index contributed by atoms with van der Waals surface area (Å²) in [6.07, 6.45) is 5.97. The third-order valence-corrected chi connectivity index (χ3v) is 5.63. The molecule has 4 rings (SSSR count). The van der Waals surface area contributed by atoms with E-state index in [0.717, 1.165) is 29.9 Å². The molecule has 26 heavy (non-hydrogen) atoms. The molecule has 2 aliphatic rings. The Balaban J connectivity index is 1.81. The fourth-order valence-corrected chi connectivity index (χ4v) is 4.34. The molecule has 5 nitrogen and oxygen atoms in total. The summed E-state index contributed by atoms with van der Waals surface area (Å²) in [7, 11) is 1.56. The molecule has 0 spiro atoms. The second kappa shape index (κ2) is 6.74. The molecule has 1 aliphatic carbocycles. The van der Waals surface area contributed by atoms with Crippen LogP contribution in [0.25, 0.3) is 0 Å². The molecule has 1 fully saturated rings. The Kier molecular flexibility index (Phi) is 4.42. The number of amides is 1. The molecule has 1 aromatic heterocycles. The summed E-state index contributed by atoms with van der Waals surface area (Å²) in [6.45, 7) is 1.95. The molecule has 0 saturated heterocycles. The quantitative estimate of drug-likeness (QED) is 0.890. The van der Waals surface area contributed by atoms with Gasteiger partial charge in [0.05, 0.1) is 18.8 Å². The normalized spacial score (nSPS) is 20.6. The Morgan fingerprint density at radius 3 is 2.77 bits per heavy atom. The maximum atomic E-state index is 14.6. The molecule has 1 amide bonds. The smallest absolute Gasteiger partial charge is 0.226 e. The monoisotopic (exact) mass is 357 g/mol. The minimum atomic E-state index is -0.341. The number of anilines is 1. The molecule has 1 aromatic carbocycles. The summed E-state index contributed by atoms with van der Waals surface area (Å²) in [5.41, 5.74) is 2.28. The zero-order chi connectivity index (χ0) is 18.3. The first-order valence-electron chi connectivity index (χ1n) is 9.30. The van der Waals surface area contributed by atoms with Gasteiger partial charge in [0.25, 0.3) is 0 Å². The first-order chi connectivity index (χ1) is 12.6. The van der Waals surface area contributed by atoms with Crippen molar-refractivity contribution in [3.63, 3.8) is 0 Å². The summed E-state index contributed by atoms with van der Waals surface area (Å²) < 4.78 is 21.8. The van der Waals surface area contributed by atoms with Crippen LogP contribution in [0.4, 0.5) is 10.2 Å². The van der Waals surface area contributed by atoms with Gasteiger partial charge in [-0.15, -0.1) is 0 Å². The Hall–Kier alpha value is -2.37. The van der Waals surface area contributed by atoms with Crippen LogP contribution >= 0.6 is 0 Å². The molecule has 2 aromatic rings. The van der Waals surface area contributed by atoms with Crippen LogP contribution in [0.15, 0.2) is 18.2 Å². The first kappa shape index (κ1) is 17.1. The van der Waals surface area contributed by atoms with Crippen molar-refractivity contribution in [2.75, 3.05) is 12.4 Å². The Morgan fingerprint density at radius 1 is 1.27 bits per heavy atom. The van der Waals surface area contributed by atoms with Crippen molar-refractivity contribution in [2.45, 2.75) is 57.4 Å². The van der Waals surface area contributed by atoms with Crippen LogP contribution < -0.4 is 10.1 Å². The SMILES string of the molecule is COc1ccc(F)c(C2CC(=O)Nc3c2c(C)nn3C2CCCCC2)c1. The number of methoxy groups -OCH3 is 1. The van der Waals surface area contributed by atoms with E-state index in [9.17, 15) is 9.18 Å². The van der Waals surface area contributed by atoms with Gasteiger partial charge in [-0.25, -0.2) is 9.07 Å². The van der Waals surface area contributed by atoms with Crippen LogP contribution in [0.5, 0.6) is 5.75 Å². The number of carbonyl (C=O) groups is 1. The fourth-order valence-electron chi connectivity index (χ4n) is 4.34. The maximum absolute atomic E-state index is 14.6.